The molecule has 0 aliphatic heterocycles. The summed E-state index contributed by atoms with van der Waals surface area (Å²) in [6.07, 6.45) is 18.0. The Hall–Kier alpha value is 0.0300. The highest BCUT2D eigenvalue weighted by Crippen LogP contribution is 2.67. The standard InChI is InChI=1S/C27H45Cl/c1-18(2)7-6-8-19(3)23-11-12-24-22-10-9-20-17-21(28)13-15-26(20,4)25(22)14-16-27(23,24)5/h9,18-19,21-25H,6-8,10-17H2,1-5H3/t19-,21+,22+,23-,24?,25+,26+,27-/m1/s1. The van der Waals surface area contributed by atoms with Crippen LogP contribution in [-0.4, -0.2) is 5.38 Å². The molecule has 0 radical (unpaired) electrons. The Morgan fingerprint density at radius 3 is 2.54 bits per heavy atom. The smallest absolute Gasteiger partial charge is 0.0373 e. The molecule has 4 aliphatic rings. The van der Waals surface area contributed by atoms with E-state index in [9.17, 15) is 0 Å². The molecule has 0 bridgehead atoms. The fourth-order valence-electron chi connectivity index (χ4n) is 8.64. The molecule has 28 heavy (non-hydrogen) atoms. The van der Waals surface area contributed by atoms with Crippen molar-refractivity contribution >= 4 is 11.6 Å². The van der Waals surface area contributed by atoms with E-state index in [0.29, 0.717) is 16.2 Å². The van der Waals surface area contributed by atoms with Crippen molar-refractivity contribution in [1.82, 2.24) is 0 Å². The van der Waals surface area contributed by atoms with E-state index in [2.05, 4.69) is 40.7 Å². The van der Waals surface area contributed by atoms with E-state index in [0.717, 1.165) is 35.5 Å². The summed E-state index contributed by atoms with van der Waals surface area (Å²) in [5, 5.41) is 0.396. The zero-order valence-corrected chi connectivity index (χ0v) is 20.0. The topological polar surface area (TPSA) is 0 Å². The molecule has 8 atom stereocenters. The predicted molar refractivity (Wildman–Crippen MR) is 123 cm³/mol. The van der Waals surface area contributed by atoms with E-state index < -0.39 is 0 Å². The first-order valence-electron chi connectivity index (χ1n) is 12.6. The molecular weight excluding hydrogens is 360 g/mol. The molecule has 0 aromatic carbocycles. The van der Waals surface area contributed by atoms with Gasteiger partial charge in [-0.25, -0.2) is 0 Å². The molecule has 0 nitrogen and oxygen atoms in total. The summed E-state index contributed by atoms with van der Waals surface area (Å²) in [4.78, 5) is 0. The van der Waals surface area contributed by atoms with Gasteiger partial charge in [-0.2, -0.15) is 0 Å². The van der Waals surface area contributed by atoms with Gasteiger partial charge < -0.3 is 0 Å². The van der Waals surface area contributed by atoms with Crippen molar-refractivity contribution in [1.29, 1.82) is 0 Å². The first kappa shape index (κ1) is 21.3. The number of hydrogen-bond donors (Lipinski definition) is 0. The van der Waals surface area contributed by atoms with Crippen LogP contribution in [0.4, 0.5) is 0 Å². The zero-order chi connectivity index (χ0) is 20.1. The van der Waals surface area contributed by atoms with Crippen LogP contribution in [0.2, 0.25) is 0 Å². The fourth-order valence-corrected chi connectivity index (χ4v) is 8.92. The van der Waals surface area contributed by atoms with Crippen molar-refractivity contribution in [3.05, 3.63) is 11.6 Å². The molecule has 0 amide bonds. The second-order valence-electron chi connectivity index (χ2n) is 12.1. The molecule has 0 aromatic heterocycles. The maximum absolute atomic E-state index is 6.56. The summed E-state index contributed by atoms with van der Waals surface area (Å²) >= 11 is 6.56. The van der Waals surface area contributed by atoms with Crippen molar-refractivity contribution in [3.8, 4) is 0 Å². The van der Waals surface area contributed by atoms with Crippen LogP contribution in [-0.2, 0) is 0 Å². The van der Waals surface area contributed by atoms with E-state index in [-0.39, 0.29) is 0 Å². The van der Waals surface area contributed by atoms with Gasteiger partial charge >= 0.3 is 0 Å². The van der Waals surface area contributed by atoms with Gasteiger partial charge in [0.25, 0.3) is 0 Å². The Bertz CT molecular complexity index is 591. The van der Waals surface area contributed by atoms with E-state index >= 15 is 0 Å². The highest BCUT2D eigenvalue weighted by molar-refractivity contribution is 6.20. The molecule has 0 saturated heterocycles. The monoisotopic (exact) mass is 404 g/mol. The minimum absolute atomic E-state index is 0.396. The van der Waals surface area contributed by atoms with Crippen LogP contribution in [0.5, 0.6) is 0 Å². The number of halogens is 1. The second kappa shape index (κ2) is 7.94. The van der Waals surface area contributed by atoms with Gasteiger partial charge in [-0.15, -0.1) is 11.6 Å². The highest BCUT2D eigenvalue weighted by atomic mass is 35.5. The van der Waals surface area contributed by atoms with Gasteiger partial charge in [0.2, 0.25) is 0 Å². The lowest BCUT2D eigenvalue weighted by atomic mass is 9.47. The third-order valence-corrected chi connectivity index (χ3v) is 10.6. The Kier molecular flexibility index (Phi) is 6.03. The number of hydrogen-bond acceptors (Lipinski definition) is 0. The molecule has 0 aromatic rings. The minimum Gasteiger partial charge on any atom is -0.123 e. The third-order valence-electron chi connectivity index (χ3n) is 10.2. The molecule has 3 fully saturated rings. The van der Waals surface area contributed by atoms with Crippen molar-refractivity contribution in [2.45, 2.75) is 111 Å². The molecule has 0 spiro atoms. The summed E-state index contributed by atoms with van der Waals surface area (Å²) in [6, 6.07) is 0. The van der Waals surface area contributed by atoms with Crippen LogP contribution >= 0.6 is 11.6 Å². The molecule has 4 aliphatic carbocycles. The Morgan fingerprint density at radius 2 is 1.79 bits per heavy atom. The zero-order valence-electron chi connectivity index (χ0n) is 19.3. The SMILES string of the molecule is CC(C)CCC[C@@H](C)[C@H]1CCC2[C@@H]3CC=C4C[C@@H](Cl)CC[C@]4(C)[C@H]3CC[C@@]21C. The lowest BCUT2D eigenvalue weighted by Crippen LogP contribution is -2.50. The van der Waals surface area contributed by atoms with E-state index in [1.165, 1.54) is 70.6 Å². The van der Waals surface area contributed by atoms with E-state index in [1.54, 1.807) is 5.57 Å². The van der Waals surface area contributed by atoms with Gasteiger partial charge in [0.05, 0.1) is 0 Å². The maximum atomic E-state index is 6.56. The Morgan fingerprint density at radius 1 is 1.00 bits per heavy atom. The summed E-state index contributed by atoms with van der Waals surface area (Å²) in [5.74, 6) is 5.62. The van der Waals surface area contributed by atoms with E-state index in [1.807, 2.05) is 0 Å². The number of fused-ring (bicyclic) bond motifs is 5. The number of rotatable bonds is 5. The molecule has 1 unspecified atom stereocenters. The predicted octanol–water partition coefficient (Wildman–Crippen LogP) is 8.64. The lowest BCUT2D eigenvalue weighted by Gasteiger charge is -2.58. The van der Waals surface area contributed by atoms with Gasteiger partial charge in [-0.05, 0) is 97.7 Å². The summed E-state index contributed by atoms with van der Waals surface area (Å²) in [5.41, 5.74) is 2.82. The van der Waals surface area contributed by atoms with Crippen LogP contribution in [0.1, 0.15) is 105 Å². The average Bonchev–Trinajstić information content (AvgIpc) is 2.99. The molecule has 0 heterocycles. The molecule has 160 valence electrons. The van der Waals surface area contributed by atoms with E-state index in [4.69, 9.17) is 11.6 Å². The second-order valence-corrected chi connectivity index (χ2v) is 12.7. The van der Waals surface area contributed by atoms with Crippen LogP contribution in [0.15, 0.2) is 11.6 Å². The first-order chi connectivity index (χ1) is 13.3. The van der Waals surface area contributed by atoms with Gasteiger partial charge in [0.15, 0.2) is 0 Å². The Balaban J connectivity index is 1.49. The minimum atomic E-state index is 0.396. The highest BCUT2D eigenvalue weighted by Gasteiger charge is 2.58. The fraction of sp³-hybridized carbons (Fsp3) is 0.926. The van der Waals surface area contributed by atoms with Crippen molar-refractivity contribution < 1.29 is 0 Å². The van der Waals surface area contributed by atoms with Gasteiger partial charge in [-0.3, -0.25) is 0 Å². The van der Waals surface area contributed by atoms with Crippen LogP contribution < -0.4 is 0 Å². The van der Waals surface area contributed by atoms with Gasteiger partial charge in [-0.1, -0.05) is 65.5 Å². The molecule has 1 heteroatoms. The molecule has 0 N–H and O–H groups in total. The van der Waals surface area contributed by atoms with Crippen molar-refractivity contribution in [2.24, 2.45) is 46.3 Å². The van der Waals surface area contributed by atoms with Crippen molar-refractivity contribution in [2.75, 3.05) is 0 Å². The third kappa shape index (κ3) is 3.52. The van der Waals surface area contributed by atoms with Crippen molar-refractivity contribution in [3.63, 3.8) is 0 Å². The van der Waals surface area contributed by atoms with Crippen LogP contribution in [0, 0.1) is 46.3 Å². The van der Waals surface area contributed by atoms with Crippen LogP contribution in [0.3, 0.4) is 0 Å². The maximum Gasteiger partial charge on any atom is 0.0373 e. The average molecular weight is 405 g/mol. The quantitative estimate of drug-likeness (QED) is 0.317. The largest absolute Gasteiger partial charge is 0.123 e. The van der Waals surface area contributed by atoms with Crippen LogP contribution in [0.25, 0.3) is 0 Å². The first-order valence-corrected chi connectivity index (χ1v) is 13.0. The normalized spacial score (nSPS) is 46.5. The molecule has 3 saturated carbocycles. The summed E-state index contributed by atoms with van der Waals surface area (Å²) in [7, 11) is 0. The summed E-state index contributed by atoms with van der Waals surface area (Å²) < 4.78 is 0. The molecule has 4 rings (SSSR count). The van der Waals surface area contributed by atoms with Gasteiger partial charge in [0.1, 0.15) is 0 Å². The van der Waals surface area contributed by atoms with Gasteiger partial charge in [0, 0.05) is 5.38 Å². The number of alkyl halides is 1. The Labute approximate surface area is 180 Å². The number of allylic oxidation sites excluding steroid dienone is 2. The lowest BCUT2D eigenvalue weighted by molar-refractivity contribution is -0.0498. The summed E-state index contributed by atoms with van der Waals surface area (Å²) in [6.45, 7) is 12.7. The molecular formula is C27H45Cl.